The smallest absolute Gasteiger partial charge is 0.0320 e. The second kappa shape index (κ2) is 6.74. The Bertz CT molecular complexity index is 53.1. The summed E-state index contributed by atoms with van der Waals surface area (Å²) in [6, 6.07) is 0. The second-order valence-corrected chi connectivity index (χ2v) is 1.81. The molecule has 0 aromatic rings. The lowest BCUT2D eigenvalue weighted by molar-refractivity contribution is 1.02. The van der Waals surface area contributed by atoms with Crippen LogP contribution in [0.2, 0.25) is 0 Å². The van der Waals surface area contributed by atoms with Gasteiger partial charge in [-0.25, -0.2) is 0 Å². The molecule has 0 aromatic heterocycles. The van der Waals surface area contributed by atoms with E-state index in [0.717, 1.165) is 12.8 Å². The molecular formula is C8H15. The highest BCUT2D eigenvalue weighted by molar-refractivity contribution is 4.85. The molecule has 8 heavy (non-hydrogen) atoms. The number of rotatable bonds is 4. The molecule has 47 valence electrons. The number of hydrogen-bond acceptors (Lipinski definition) is 0. The first-order chi connectivity index (χ1) is 3.91. The van der Waals surface area contributed by atoms with E-state index in [1.54, 1.807) is 0 Å². The first kappa shape index (κ1) is 7.74. The SMILES string of the molecule is CC[CH]C/C=C/CC. The summed E-state index contributed by atoms with van der Waals surface area (Å²) in [6.07, 6.45) is 10.2. The quantitative estimate of drug-likeness (QED) is 0.386. The Labute approximate surface area is 52.6 Å². The summed E-state index contributed by atoms with van der Waals surface area (Å²) < 4.78 is 0. The summed E-state index contributed by atoms with van der Waals surface area (Å²) in [4.78, 5) is 0. The van der Waals surface area contributed by atoms with E-state index in [9.17, 15) is 0 Å². The summed E-state index contributed by atoms with van der Waals surface area (Å²) >= 11 is 0. The average molecular weight is 111 g/mol. The van der Waals surface area contributed by atoms with Crippen molar-refractivity contribution < 1.29 is 0 Å². The molecule has 0 aliphatic heterocycles. The van der Waals surface area contributed by atoms with E-state index in [-0.39, 0.29) is 0 Å². The number of unbranched alkanes of at least 4 members (excludes halogenated alkanes) is 2. The maximum absolute atomic E-state index is 2.27. The lowest BCUT2D eigenvalue weighted by Gasteiger charge is -1.84. The van der Waals surface area contributed by atoms with Crippen LogP contribution in [0.1, 0.15) is 33.1 Å². The highest BCUT2D eigenvalue weighted by Crippen LogP contribution is 1.93. The number of hydrogen-bond donors (Lipinski definition) is 0. The van der Waals surface area contributed by atoms with Gasteiger partial charge >= 0.3 is 0 Å². The molecule has 0 unspecified atom stereocenters. The zero-order valence-corrected chi connectivity index (χ0v) is 5.85. The van der Waals surface area contributed by atoms with E-state index in [1.807, 2.05) is 0 Å². The second-order valence-electron chi connectivity index (χ2n) is 1.81. The van der Waals surface area contributed by atoms with Crippen LogP contribution < -0.4 is 0 Å². The van der Waals surface area contributed by atoms with Crippen molar-refractivity contribution in [1.82, 2.24) is 0 Å². The van der Waals surface area contributed by atoms with Crippen molar-refractivity contribution in [3.63, 3.8) is 0 Å². The van der Waals surface area contributed by atoms with Crippen molar-refractivity contribution in [2.45, 2.75) is 33.1 Å². The monoisotopic (exact) mass is 111 g/mol. The van der Waals surface area contributed by atoms with Crippen LogP contribution in [0.4, 0.5) is 0 Å². The van der Waals surface area contributed by atoms with Gasteiger partial charge in [0.25, 0.3) is 0 Å². The Hall–Kier alpha value is -0.260. The van der Waals surface area contributed by atoms with Crippen molar-refractivity contribution in [3.05, 3.63) is 18.6 Å². The van der Waals surface area contributed by atoms with Crippen molar-refractivity contribution in [2.75, 3.05) is 0 Å². The van der Waals surface area contributed by atoms with Gasteiger partial charge in [0.1, 0.15) is 0 Å². The minimum atomic E-state index is 1.14. The van der Waals surface area contributed by atoms with Crippen LogP contribution in [-0.4, -0.2) is 0 Å². The van der Waals surface area contributed by atoms with E-state index >= 15 is 0 Å². The van der Waals surface area contributed by atoms with Crippen molar-refractivity contribution >= 4 is 0 Å². The molecule has 0 N–H and O–H groups in total. The third kappa shape index (κ3) is 5.74. The molecule has 0 saturated heterocycles. The molecule has 0 saturated carbocycles. The fraction of sp³-hybridized carbons (Fsp3) is 0.625. The summed E-state index contributed by atoms with van der Waals surface area (Å²) in [6.45, 7) is 4.32. The van der Waals surface area contributed by atoms with Gasteiger partial charge in [-0.05, 0) is 19.3 Å². The first-order valence-electron chi connectivity index (χ1n) is 3.38. The number of allylic oxidation sites excluding steroid dienone is 2. The van der Waals surface area contributed by atoms with Crippen LogP contribution in [0.5, 0.6) is 0 Å². The van der Waals surface area contributed by atoms with E-state index in [0.29, 0.717) is 0 Å². The molecule has 0 aliphatic rings. The topological polar surface area (TPSA) is 0 Å². The molecule has 0 atom stereocenters. The Morgan fingerprint density at radius 1 is 1.00 bits per heavy atom. The molecule has 1 radical (unpaired) electrons. The van der Waals surface area contributed by atoms with E-state index in [2.05, 4.69) is 32.4 Å². The van der Waals surface area contributed by atoms with E-state index in [4.69, 9.17) is 0 Å². The maximum atomic E-state index is 2.27. The van der Waals surface area contributed by atoms with Gasteiger partial charge in [-0.15, -0.1) is 0 Å². The average Bonchev–Trinajstić information content (AvgIpc) is 1.81. The van der Waals surface area contributed by atoms with Crippen LogP contribution in [0.3, 0.4) is 0 Å². The molecular weight excluding hydrogens is 96.1 g/mol. The minimum absolute atomic E-state index is 1.14. The van der Waals surface area contributed by atoms with Crippen LogP contribution in [-0.2, 0) is 0 Å². The molecule has 0 heteroatoms. The fourth-order valence-corrected chi connectivity index (χ4v) is 0.526. The molecule has 0 aromatic carbocycles. The molecule has 0 fully saturated rings. The summed E-state index contributed by atoms with van der Waals surface area (Å²) in [5.41, 5.74) is 0. The van der Waals surface area contributed by atoms with Crippen LogP contribution in [0, 0.1) is 6.42 Å². The lowest BCUT2D eigenvalue weighted by atomic mass is 10.2. The van der Waals surface area contributed by atoms with Gasteiger partial charge in [0.05, 0.1) is 0 Å². The van der Waals surface area contributed by atoms with Crippen LogP contribution in [0.15, 0.2) is 12.2 Å². The summed E-state index contributed by atoms with van der Waals surface area (Å²) in [7, 11) is 0. The normalized spacial score (nSPS) is 10.8. The summed E-state index contributed by atoms with van der Waals surface area (Å²) in [5, 5.41) is 0. The minimum Gasteiger partial charge on any atom is -0.0888 e. The van der Waals surface area contributed by atoms with Gasteiger partial charge in [0.2, 0.25) is 0 Å². The lowest BCUT2D eigenvalue weighted by Crippen LogP contribution is -1.66. The van der Waals surface area contributed by atoms with Gasteiger partial charge in [0.15, 0.2) is 0 Å². The Morgan fingerprint density at radius 2 is 1.75 bits per heavy atom. The highest BCUT2D eigenvalue weighted by atomic mass is 13.8. The first-order valence-corrected chi connectivity index (χ1v) is 3.38. The molecule has 0 heterocycles. The van der Waals surface area contributed by atoms with Crippen molar-refractivity contribution in [3.8, 4) is 0 Å². The third-order valence-electron chi connectivity index (χ3n) is 0.994. The summed E-state index contributed by atoms with van der Waals surface area (Å²) in [5.74, 6) is 0. The van der Waals surface area contributed by atoms with E-state index in [1.165, 1.54) is 6.42 Å². The predicted molar refractivity (Wildman–Crippen MR) is 38.6 cm³/mol. The predicted octanol–water partition coefficient (Wildman–Crippen LogP) is 2.96. The van der Waals surface area contributed by atoms with Crippen molar-refractivity contribution in [1.29, 1.82) is 0 Å². The Kier molecular flexibility index (Phi) is 6.52. The maximum Gasteiger partial charge on any atom is -0.0320 e. The molecule has 0 aliphatic carbocycles. The largest absolute Gasteiger partial charge is 0.0888 e. The van der Waals surface area contributed by atoms with Crippen LogP contribution in [0.25, 0.3) is 0 Å². The molecule has 0 bridgehead atoms. The Morgan fingerprint density at radius 3 is 2.25 bits per heavy atom. The van der Waals surface area contributed by atoms with Crippen molar-refractivity contribution in [2.24, 2.45) is 0 Å². The van der Waals surface area contributed by atoms with E-state index < -0.39 is 0 Å². The fourth-order valence-electron chi connectivity index (χ4n) is 0.526. The molecule has 0 amide bonds. The van der Waals surface area contributed by atoms with Gasteiger partial charge in [-0.1, -0.05) is 32.4 Å². The zero-order chi connectivity index (χ0) is 6.24. The van der Waals surface area contributed by atoms with Gasteiger partial charge in [0, 0.05) is 0 Å². The third-order valence-corrected chi connectivity index (χ3v) is 0.994. The van der Waals surface area contributed by atoms with Gasteiger partial charge in [-0.2, -0.15) is 0 Å². The molecule has 0 rings (SSSR count). The van der Waals surface area contributed by atoms with Gasteiger partial charge in [-0.3, -0.25) is 0 Å². The Balaban J connectivity index is 2.80. The van der Waals surface area contributed by atoms with Crippen LogP contribution >= 0.6 is 0 Å². The molecule has 0 spiro atoms. The molecule has 0 nitrogen and oxygen atoms in total. The zero-order valence-electron chi connectivity index (χ0n) is 5.85. The standard InChI is InChI=1S/C8H15/c1-3-5-7-8-6-4-2/h5-7H,3-4,8H2,1-2H3/b7-5+. The highest BCUT2D eigenvalue weighted by Gasteiger charge is 1.75. The van der Waals surface area contributed by atoms with Gasteiger partial charge < -0.3 is 0 Å².